The van der Waals surface area contributed by atoms with Crippen molar-refractivity contribution in [3.63, 3.8) is 0 Å². The quantitative estimate of drug-likeness (QED) is 0.799. The lowest BCUT2D eigenvalue weighted by molar-refractivity contribution is 0.224. The summed E-state index contributed by atoms with van der Waals surface area (Å²) in [6.45, 7) is 3.32. The van der Waals surface area contributed by atoms with Gasteiger partial charge in [-0.15, -0.1) is 11.3 Å². The normalized spacial score (nSPS) is 16.6. The second-order valence-electron chi connectivity index (χ2n) is 5.89. The van der Waals surface area contributed by atoms with Gasteiger partial charge in [-0.05, 0) is 38.3 Å². The Labute approximate surface area is 125 Å². The van der Waals surface area contributed by atoms with Crippen molar-refractivity contribution in [1.82, 2.24) is 9.88 Å². The fraction of sp³-hybridized carbons (Fsp3) is 0.471. The van der Waals surface area contributed by atoms with Crippen LogP contribution in [-0.2, 0) is 13.0 Å². The van der Waals surface area contributed by atoms with E-state index in [-0.39, 0.29) is 0 Å². The van der Waals surface area contributed by atoms with Crippen LogP contribution in [0.5, 0.6) is 0 Å². The highest BCUT2D eigenvalue weighted by molar-refractivity contribution is 7.09. The van der Waals surface area contributed by atoms with Crippen LogP contribution < -0.4 is 0 Å². The van der Waals surface area contributed by atoms with Crippen LogP contribution in [0.15, 0.2) is 35.7 Å². The molecule has 2 aromatic rings. The maximum atomic E-state index is 4.78. The van der Waals surface area contributed by atoms with Gasteiger partial charge in [-0.25, -0.2) is 4.98 Å². The Balaban J connectivity index is 1.59. The molecule has 1 saturated carbocycles. The summed E-state index contributed by atoms with van der Waals surface area (Å²) < 4.78 is 0. The average Bonchev–Trinajstić information content (AvgIpc) is 3.22. The molecule has 0 amide bonds. The molecule has 1 atom stereocenters. The summed E-state index contributed by atoms with van der Waals surface area (Å²) in [6, 6.07) is 11.3. The molecular formula is C17H22N2S. The maximum Gasteiger partial charge on any atom is 0.0972 e. The minimum absolute atomic E-state index is 0.689. The molecule has 1 heterocycles. The van der Waals surface area contributed by atoms with Crippen LogP contribution in [0.2, 0.25) is 0 Å². The van der Waals surface area contributed by atoms with Crippen molar-refractivity contribution in [2.45, 2.75) is 38.8 Å². The van der Waals surface area contributed by atoms with Crippen LogP contribution in [0.25, 0.3) is 0 Å². The molecule has 106 valence electrons. The zero-order valence-electron chi connectivity index (χ0n) is 12.2. The van der Waals surface area contributed by atoms with E-state index in [1.165, 1.54) is 29.1 Å². The van der Waals surface area contributed by atoms with Crippen molar-refractivity contribution < 1.29 is 0 Å². The molecule has 0 aliphatic heterocycles. The second kappa shape index (κ2) is 6.06. The highest BCUT2D eigenvalue weighted by Gasteiger charge is 2.30. The molecule has 3 rings (SSSR count). The number of rotatable bonds is 6. The molecule has 0 spiro atoms. The summed E-state index contributed by atoms with van der Waals surface area (Å²) in [5, 5.41) is 3.44. The van der Waals surface area contributed by atoms with Crippen molar-refractivity contribution in [2.24, 2.45) is 5.92 Å². The predicted molar refractivity (Wildman–Crippen MR) is 85.0 cm³/mol. The Hall–Kier alpha value is -1.19. The Morgan fingerprint density at radius 3 is 2.75 bits per heavy atom. The number of benzene rings is 1. The fourth-order valence-corrected chi connectivity index (χ4v) is 3.43. The van der Waals surface area contributed by atoms with E-state index < -0.39 is 0 Å². The van der Waals surface area contributed by atoms with Gasteiger partial charge in [0.1, 0.15) is 0 Å². The summed E-state index contributed by atoms with van der Waals surface area (Å²) in [4.78, 5) is 7.23. The molecule has 3 heteroatoms. The van der Waals surface area contributed by atoms with Gasteiger partial charge in [0, 0.05) is 24.4 Å². The maximum absolute atomic E-state index is 4.78. The van der Waals surface area contributed by atoms with Gasteiger partial charge in [0.2, 0.25) is 0 Å². The van der Waals surface area contributed by atoms with Gasteiger partial charge >= 0.3 is 0 Å². The third-order valence-electron chi connectivity index (χ3n) is 4.21. The molecule has 0 N–H and O–H groups in total. The summed E-state index contributed by atoms with van der Waals surface area (Å²) in [7, 11) is 2.22. The van der Waals surface area contributed by atoms with Gasteiger partial charge < -0.3 is 0 Å². The number of aromatic nitrogens is 1. The topological polar surface area (TPSA) is 16.1 Å². The van der Waals surface area contributed by atoms with E-state index in [4.69, 9.17) is 4.98 Å². The minimum Gasteiger partial charge on any atom is -0.298 e. The van der Waals surface area contributed by atoms with Crippen LogP contribution in [0.4, 0.5) is 0 Å². The van der Waals surface area contributed by atoms with Gasteiger partial charge in [0.25, 0.3) is 0 Å². The molecular weight excluding hydrogens is 264 g/mol. The zero-order chi connectivity index (χ0) is 13.9. The number of thiazole rings is 1. The van der Waals surface area contributed by atoms with Crippen molar-refractivity contribution in [3.8, 4) is 0 Å². The van der Waals surface area contributed by atoms with Gasteiger partial charge in [-0.1, -0.05) is 30.3 Å². The van der Waals surface area contributed by atoms with Crippen LogP contribution in [0, 0.1) is 5.92 Å². The SMILES string of the molecule is CC(C1CC1)N(C)Cc1csc(Cc2ccccc2)n1. The first-order valence-electron chi connectivity index (χ1n) is 7.40. The van der Waals surface area contributed by atoms with Crippen molar-refractivity contribution >= 4 is 11.3 Å². The van der Waals surface area contributed by atoms with E-state index in [9.17, 15) is 0 Å². The number of nitrogens with zero attached hydrogens (tertiary/aromatic N) is 2. The summed E-state index contributed by atoms with van der Waals surface area (Å²) >= 11 is 1.78. The molecule has 1 aromatic carbocycles. The molecule has 0 saturated heterocycles. The highest BCUT2D eigenvalue weighted by Crippen LogP contribution is 2.35. The zero-order valence-corrected chi connectivity index (χ0v) is 13.1. The van der Waals surface area contributed by atoms with Gasteiger partial charge in [-0.2, -0.15) is 0 Å². The third kappa shape index (κ3) is 3.47. The molecule has 1 unspecified atom stereocenters. The standard InChI is InChI=1S/C17H22N2S/c1-13(15-8-9-15)19(2)11-16-12-20-17(18-16)10-14-6-4-3-5-7-14/h3-7,12-13,15H,8-11H2,1-2H3. The first kappa shape index (κ1) is 13.8. The second-order valence-corrected chi connectivity index (χ2v) is 6.83. The van der Waals surface area contributed by atoms with Gasteiger partial charge in [0.05, 0.1) is 10.7 Å². The summed E-state index contributed by atoms with van der Waals surface area (Å²) in [6.07, 6.45) is 3.76. The molecule has 2 nitrogen and oxygen atoms in total. The highest BCUT2D eigenvalue weighted by atomic mass is 32.1. The average molecular weight is 286 g/mol. The van der Waals surface area contributed by atoms with Crippen LogP contribution in [-0.4, -0.2) is 23.0 Å². The predicted octanol–water partition coefficient (Wildman–Crippen LogP) is 3.96. The van der Waals surface area contributed by atoms with Crippen LogP contribution >= 0.6 is 11.3 Å². The first-order valence-corrected chi connectivity index (χ1v) is 8.28. The third-order valence-corrected chi connectivity index (χ3v) is 5.11. The number of hydrogen-bond donors (Lipinski definition) is 0. The number of hydrogen-bond acceptors (Lipinski definition) is 3. The molecule has 1 fully saturated rings. The van der Waals surface area contributed by atoms with E-state index in [1.807, 2.05) is 0 Å². The Kier molecular flexibility index (Phi) is 4.18. The Morgan fingerprint density at radius 1 is 1.30 bits per heavy atom. The lowest BCUT2D eigenvalue weighted by Crippen LogP contribution is -2.30. The van der Waals surface area contributed by atoms with Crippen molar-refractivity contribution in [3.05, 3.63) is 52.0 Å². The fourth-order valence-electron chi connectivity index (χ4n) is 2.61. The van der Waals surface area contributed by atoms with Gasteiger partial charge in [-0.3, -0.25) is 4.90 Å². The van der Waals surface area contributed by atoms with Crippen LogP contribution in [0.3, 0.4) is 0 Å². The monoisotopic (exact) mass is 286 g/mol. The van der Waals surface area contributed by atoms with E-state index in [0.717, 1.165) is 18.9 Å². The molecule has 1 aliphatic carbocycles. The Morgan fingerprint density at radius 2 is 2.05 bits per heavy atom. The summed E-state index contributed by atoms with van der Waals surface area (Å²) in [5.41, 5.74) is 2.56. The lowest BCUT2D eigenvalue weighted by Gasteiger charge is -2.23. The van der Waals surface area contributed by atoms with E-state index >= 15 is 0 Å². The van der Waals surface area contributed by atoms with Crippen LogP contribution in [0.1, 0.15) is 36.0 Å². The van der Waals surface area contributed by atoms with E-state index in [1.54, 1.807) is 11.3 Å². The molecule has 1 aromatic heterocycles. The van der Waals surface area contributed by atoms with Crippen molar-refractivity contribution in [1.29, 1.82) is 0 Å². The molecule has 1 aliphatic rings. The lowest BCUT2D eigenvalue weighted by atomic mass is 10.2. The summed E-state index contributed by atoms with van der Waals surface area (Å²) in [5.74, 6) is 0.919. The van der Waals surface area contributed by atoms with E-state index in [2.05, 4.69) is 54.6 Å². The minimum atomic E-state index is 0.689. The Bertz CT molecular complexity index is 545. The smallest absolute Gasteiger partial charge is 0.0972 e. The molecule has 0 bridgehead atoms. The first-order chi connectivity index (χ1) is 9.72. The molecule has 20 heavy (non-hydrogen) atoms. The molecule has 0 radical (unpaired) electrons. The van der Waals surface area contributed by atoms with Crippen molar-refractivity contribution in [2.75, 3.05) is 7.05 Å². The van der Waals surface area contributed by atoms with E-state index in [0.29, 0.717) is 6.04 Å². The van der Waals surface area contributed by atoms with Gasteiger partial charge in [0.15, 0.2) is 0 Å². The largest absolute Gasteiger partial charge is 0.298 e.